The molecule has 0 unspecified atom stereocenters. The molecule has 1 aliphatic carbocycles. The van der Waals surface area contributed by atoms with Gasteiger partial charge in [-0.25, -0.2) is 0 Å². The highest BCUT2D eigenvalue weighted by atomic mass is 16.3. The van der Waals surface area contributed by atoms with Crippen LogP contribution in [0.4, 0.5) is 0 Å². The summed E-state index contributed by atoms with van der Waals surface area (Å²) in [6.07, 6.45) is 6.99. The van der Waals surface area contributed by atoms with E-state index in [0.29, 0.717) is 5.92 Å². The van der Waals surface area contributed by atoms with Crippen LogP contribution in [0.25, 0.3) is 0 Å². The van der Waals surface area contributed by atoms with E-state index in [1.807, 2.05) is 6.26 Å². The molecular formula is C11H16O. The van der Waals surface area contributed by atoms with Gasteiger partial charge in [-0.1, -0.05) is 13.8 Å². The smallest absolute Gasteiger partial charge is 0.107 e. The Balaban J connectivity index is 2.38. The molecule has 12 heavy (non-hydrogen) atoms. The highest BCUT2D eigenvalue weighted by Crippen LogP contribution is 2.30. The summed E-state index contributed by atoms with van der Waals surface area (Å²) in [4.78, 5) is 0. The molecule has 1 aromatic rings. The van der Waals surface area contributed by atoms with E-state index in [9.17, 15) is 0 Å². The lowest BCUT2D eigenvalue weighted by Crippen LogP contribution is -2.02. The molecule has 2 rings (SSSR count). The molecule has 1 aliphatic rings. The van der Waals surface area contributed by atoms with E-state index in [1.54, 1.807) is 0 Å². The molecule has 1 heterocycles. The largest absolute Gasteiger partial charge is 0.469 e. The van der Waals surface area contributed by atoms with E-state index < -0.39 is 0 Å². The van der Waals surface area contributed by atoms with Crippen LogP contribution in [0.15, 0.2) is 10.7 Å². The molecule has 0 aromatic carbocycles. The number of rotatable bonds is 1. The minimum atomic E-state index is 0.621. The predicted octanol–water partition coefficient (Wildman–Crippen LogP) is 3.28. The second-order valence-corrected chi connectivity index (χ2v) is 3.95. The quantitative estimate of drug-likeness (QED) is 0.620. The van der Waals surface area contributed by atoms with Gasteiger partial charge in [0.05, 0.1) is 6.26 Å². The van der Waals surface area contributed by atoms with Gasteiger partial charge in [0.2, 0.25) is 0 Å². The highest BCUT2D eigenvalue weighted by Gasteiger charge is 2.18. The fourth-order valence-electron chi connectivity index (χ4n) is 2.00. The van der Waals surface area contributed by atoms with Crippen LogP contribution in [0.1, 0.15) is 49.5 Å². The molecule has 0 saturated carbocycles. The monoisotopic (exact) mass is 164 g/mol. The molecule has 1 heteroatoms. The van der Waals surface area contributed by atoms with E-state index in [4.69, 9.17) is 4.42 Å². The molecule has 0 aliphatic heterocycles. The second-order valence-electron chi connectivity index (χ2n) is 3.95. The van der Waals surface area contributed by atoms with Crippen molar-refractivity contribution >= 4 is 0 Å². The lowest BCUT2D eigenvalue weighted by atomic mass is 9.91. The van der Waals surface area contributed by atoms with Crippen molar-refractivity contribution in [3.05, 3.63) is 23.2 Å². The van der Waals surface area contributed by atoms with Crippen LogP contribution >= 0.6 is 0 Å². The molecule has 0 amide bonds. The Morgan fingerprint density at radius 3 is 2.75 bits per heavy atom. The van der Waals surface area contributed by atoms with E-state index in [1.165, 1.54) is 36.1 Å². The zero-order valence-corrected chi connectivity index (χ0v) is 7.89. The minimum absolute atomic E-state index is 0.621. The van der Waals surface area contributed by atoms with Crippen LogP contribution in [0.3, 0.4) is 0 Å². The lowest BCUT2D eigenvalue weighted by Gasteiger charge is -2.12. The summed E-state index contributed by atoms with van der Waals surface area (Å²) in [5.41, 5.74) is 2.95. The lowest BCUT2D eigenvalue weighted by molar-refractivity contribution is 0.477. The molecule has 0 N–H and O–H groups in total. The van der Waals surface area contributed by atoms with Gasteiger partial charge in [-0.2, -0.15) is 0 Å². The van der Waals surface area contributed by atoms with Crippen molar-refractivity contribution in [2.75, 3.05) is 0 Å². The standard InChI is InChI=1S/C11H16O/c1-8(2)10-7-12-11-6-4-3-5-9(10)11/h7-8H,3-6H2,1-2H3. The number of fused-ring (bicyclic) bond motifs is 1. The van der Waals surface area contributed by atoms with Gasteiger partial charge in [-0.3, -0.25) is 0 Å². The van der Waals surface area contributed by atoms with Crippen molar-refractivity contribution in [3.8, 4) is 0 Å². The number of hydrogen-bond acceptors (Lipinski definition) is 1. The fraction of sp³-hybridized carbons (Fsp3) is 0.636. The molecular weight excluding hydrogens is 148 g/mol. The van der Waals surface area contributed by atoms with E-state index >= 15 is 0 Å². The Morgan fingerprint density at radius 2 is 2.00 bits per heavy atom. The Kier molecular flexibility index (Phi) is 1.95. The topological polar surface area (TPSA) is 13.1 Å². The molecule has 0 saturated heterocycles. The first-order valence-corrected chi connectivity index (χ1v) is 4.88. The Labute approximate surface area is 73.8 Å². The first-order valence-electron chi connectivity index (χ1n) is 4.88. The van der Waals surface area contributed by atoms with Crippen molar-refractivity contribution in [2.24, 2.45) is 0 Å². The number of aryl methyl sites for hydroxylation is 1. The van der Waals surface area contributed by atoms with Crippen molar-refractivity contribution in [1.82, 2.24) is 0 Å². The van der Waals surface area contributed by atoms with Crippen LogP contribution in [0, 0.1) is 0 Å². The van der Waals surface area contributed by atoms with Crippen LogP contribution in [0.2, 0.25) is 0 Å². The van der Waals surface area contributed by atoms with Gasteiger partial charge in [-0.05, 0) is 36.3 Å². The van der Waals surface area contributed by atoms with Crippen LogP contribution in [0.5, 0.6) is 0 Å². The van der Waals surface area contributed by atoms with Crippen LogP contribution in [-0.2, 0) is 12.8 Å². The van der Waals surface area contributed by atoms with Crippen LogP contribution < -0.4 is 0 Å². The normalized spacial score (nSPS) is 16.6. The third-order valence-electron chi connectivity index (χ3n) is 2.72. The molecule has 0 spiro atoms. The van der Waals surface area contributed by atoms with Gasteiger partial charge in [-0.15, -0.1) is 0 Å². The van der Waals surface area contributed by atoms with Crippen molar-refractivity contribution < 1.29 is 4.42 Å². The molecule has 1 aromatic heterocycles. The highest BCUT2D eigenvalue weighted by molar-refractivity contribution is 5.32. The zero-order valence-electron chi connectivity index (χ0n) is 7.89. The molecule has 0 atom stereocenters. The Morgan fingerprint density at radius 1 is 1.25 bits per heavy atom. The summed E-state index contributed by atoms with van der Waals surface area (Å²) in [5, 5.41) is 0. The van der Waals surface area contributed by atoms with Gasteiger partial charge in [0.25, 0.3) is 0 Å². The van der Waals surface area contributed by atoms with E-state index in [2.05, 4.69) is 13.8 Å². The average molecular weight is 164 g/mol. The van der Waals surface area contributed by atoms with Gasteiger partial charge < -0.3 is 4.42 Å². The summed E-state index contributed by atoms with van der Waals surface area (Å²) >= 11 is 0. The molecule has 0 bridgehead atoms. The first kappa shape index (κ1) is 7.90. The molecule has 1 nitrogen and oxygen atoms in total. The summed E-state index contributed by atoms with van der Waals surface area (Å²) in [5.74, 6) is 1.88. The fourth-order valence-corrected chi connectivity index (χ4v) is 2.00. The number of hydrogen-bond donors (Lipinski definition) is 0. The summed E-state index contributed by atoms with van der Waals surface area (Å²) in [6.45, 7) is 4.47. The maximum Gasteiger partial charge on any atom is 0.107 e. The van der Waals surface area contributed by atoms with Gasteiger partial charge in [0, 0.05) is 6.42 Å². The summed E-state index contributed by atoms with van der Waals surface area (Å²) in [6, 6.07) is 0. The van der Waals surface area contributed by atoms with Crippen molar-refractivity contribution in [1.29, 1.82) is 0 Å². The first-order chi connectivity index (χ1) is 5.79. The van der Waals surface area contributed by atoms with Crippen molar-refractivity contribution in [3.63, 3.8) is 0 Å². The van der Waals surface area contributed by atoms with Crippen molar-refractivity contribution in [2.45, 2.75) is 45.4 Å². The van der Waals surface area contributed by atoms with Crippen LogP contribution in [-0.4, -0.2) is 0 Å². The summed E-state index contributed by atoms with van der Waals surface area (Å²) in [7, 11) is 0. The van der Waals surface area contributed by atoms with Gasteiger partial charge >= 0.3 is 0 Å². The SMILES string of the molecule is CC(C)c1coc2c1CCCC2. The Bertz CT molecular complexity index is 271. The third-order valence-corrected chi connectivity index (χ3v) is 2.72. The number of furan rings is 1. The third kappa shape index (κ3) is 1.17. The Hall–Kier alpha value is -0.720. The zero-order chi connectivity index (χ0) is 8.55. The van der Waals surface area contributed by atoms with Gasteiger partial charge in [0.1, 0.15) is 5.76 Å². The summed E-state index contributed by atoms with van der Waals surface area (Å²) < 4.78 is 5.55. The van der Waals surface area contributed by atoms with E-state index in [-0.39, 0.29) is 0 Å². The average Bonchev–Trinajstić information content (AvgIpc) is 2.47. The maximum atomic E-state index is 5.55. The van der Waals surface area contributed by atoms with E-state index in [0.717, 1.165) is 6.42 Å². The molecule has 0 radical (unpaired) electrons. The molecule has 66 valence electrons. The predicted molar refractivity (Wildman–Crippen MR) is 49.4 cm³/mol. The van der Waals surface area contributed by atoms with Gasteiger partial charge in [0.15, 0.2) is 0 Å². The minimum Gasteiger partial charge on any atom is -0.469 e. The second kappa shape index (κ2) is 2.96. The maximum absolute atomic E-state index is 5.55. The molecule has 0 fully saturated rings.